The molecule has 2 aliphatic rings. The number of H-pyrrole nitrogens is 1. The van der Waals surface area contributed by atoms with E-state index in [9.17, 15) is 20.1 Å². The summed E-state index contributed by atoms with van der Waals surface area (Å²) in [5, 5.41) is 29.3. The predicted octanol–water partition coefficient (Wildman–Crippen LogP) is 3.74. The Balaban J connectivity index is 1.72. The van der Waals surface area contributed by atoms with Crippen molar-refractivity contribution in [3.8, 4) is 51.0 Å². The van der Waals surface area contributed by atoms with Crippen LogP contribution in [0, 0.1) is 0 Å². The molecule has 0 radical (unpaired) electrons. The molecule has 5 rings (SSSR count). The van der Waals surface area contributed by atoms with E-state index in [1.54, 1.807) is 36.4 Å². The minimum absolute atomic E-state index is 0.0525. The molecule has 1 heterocycles. The van der Waals surface area contributed by atoms with Crippen molar-refractivity contribution in [2.45, 2.75) is 0 Å². The number of aromatic nitrogens is 1. The summed E-state index contributed by atoms with van der Waals surface area (Å²) in [6.45, 7) is 0. The number of hydrogen-bond acceptors (Lipinski definition) is 6. The maximum absolute atomic E-state index is 12.6. The van der Waals surface area contributed by atoms with E-state index in [-0.39, 0.29) is 22.7 Å². The van der Waals surface area contributed by atoms with Crippen LogP contribution in [0.2, 0.25) is 0 Å². The molecule has 3 aromatic carbocycles. The van der Waals surface area contributed by atoms with Gasteiger partial charge >= 0.3 is 0 Å². The van der Waals surface area contributed by atoms with E-state index >= 15 is 0 Å². The van der Waals surface area contributed by atoms with Crippen LogP contribution in [0.1, 0.15) is 0 Å². The van der Waals surface area contributed by atoms with Gasteiger partial charge in [0.1, 0.15) is 17.2 Å². The number of rotatable bonds is 2. The topological polar surface area (TPSA) is 131 Å². The summed E-state index contributed by atoms with van der Waals surface area (Å²) in [4.78, 5) is 15.9. The van der Waals surface area contributed by atoms with Crippen molar-refractivity contribution in [2.75, 3.05) is 5.73 Å². The molecule has 0 unspecified atom stereocenters. The molecule has 6 N–H and O–H groups in total. The van der Waals surface area contributed by atoms with Gasteiger partial charge in [0.15, 0.2) is 5.43 Å². The van der Waals surface area contributed by atoms with E-state index in [2.05, 4.69) is 4.98 Å². The molecular formula is C24H17N2O5+. The number of nitrogens with one attached hydrogen (secondary N) is 1. The minimum Gasteiger partial charge on any atom is -0.508 e. The quantitative estimate of drug-likeness (QED) is 0.258. The van der Waals surface area contributed by atoms with Crippen molar-refractivity contribution in [3.63, 3.8) is 0 Å². The van der Waals surface area contributed by atoms with Gasteiger partial charge in [-0.15, -0.1) is 0 Å². The predicted molar refractivity (Wildman–Crippen MR) is 116 cm³/mol. The smallest absolute Gasteiger partial charge is 0.248 e. The van der Waals surface area contributed by atoms with E-state index in [1.807, 2.05) is 0 Å². The number of aromatic hydroxyl groups is 3. The van der Waals surface area contributed by atoms with Gasteiger partial charge in [0, 0.05) is 52.7 Å². The lowest BCUT2D eigenvalue weighted by atomic mass is 10.0. The lowest BCUT2D eigenvalue weighted by Gasteiger charge is -2.10. The van der Waals surface area contributed by atoms with Crippen molar-refractivity contribution in [3.05, 3.63) is 77.0 Å². The lowest BCUT2D eigenvalue weighted by molar-refractivity contribution is -0.333. The third-order valence-electron chi connectivity index (χ3n) is 5.17. The standard InChI is InChI=1S/C24H16N2O5/c25-18-10-23-20(9-17(18)15-6-5-14(28)7-21(15)29)26-19-8-16(22(30)11-24(19)31-23)12-1-3-13(27)4-2-12/h1-11,27-29H,25H2/p+1. The van der Waals surface area contributed by atoms with Gasteiger partial charge in [0.25, 0.3) is 0 Å². The van der Waals surface area contributed by atoms with Crippen molar-refractivity contribution in [1.29, 1.82) is 0 Å². The van der Waals surface area contributed by atoms with Crippen LogP contribution in [0.15, 0.2) is 75.9 Å². The third kappa shape index (κ3) is 3.18. The number of phenols is 3. The molecule has 31 heavy (non-hydrogen) atoms. The summed E-state index contributed by atoms with van der Waals surface area (Å²) < 4.78 is 5.90. The molecule has 1 aliphatic heterocycles. The first-order chi connectivity index (χ1) is 14.9. The SMILES string of the molecule is Nc1cc2oc3cc(=O)c(-c4ccc(O)cc4)cc-3[nH+]c2cc1-c1ccc(O)cc1O. The molecule has 1 aliphatic carbocycles. The average molecular weight is 413 g/mol. The molecule has 152 valence electrons. The third-order valence-corrected chi connectivity index (χ3v) is 5.17. The van der Waals surface area contributed by atoms with E-state index in [0.717, 1.165) is 0 Å². The van der Waals surface area contributed by atoms with Gasteiger partial charge in [0.2, 0.25) is 22.6 Å². The highest BCUT2D eigenvalue weighted by Gasteiger charge is 2.21. The monoisotopic (exact) mass is 413 g/mol. The molecule has 0 aromatic heterocycles. The van der Waals surface area contributed by atoms with Gasteiger partial charge in [-0.2, -0.15) is 4.98 Å². The van der Waals surface area contributed by atoms with Crippen LogP contribution >= 0.6 is 0 Å². The molecule has 0 saturated carbocycles. The Hall–Kier alpha value is -4.52. The number of phenolic OH excluding ortho intramolecular Hbond substituents is 3. The van der Waals surface area contributed by atoms with Gasteiger partial charge in [-0.25, -0.2) is 0 Å². The summed E-state index contributed by atoms with van der Waals surface area (Å²) in [7, 11) is 0. The van der Waals surface area contributed by atoms with E-state index in [1.165, 1.54) is 30.3 Å². The van der Waals surface area contributed by atoms with E-state index < -0.39 is 0 Å². The normalized spacial score (nSPS) is 11.2. The van der Waals surface area contributed by atoms with Gasteiger partial charge < -0.3 is 25.5 Å². The second-order valence-corrected chi connectivity index (χ2v) is 7.26. The molecule has 0 fully saturated rings. The van der Waals surface area contributed by atoms with E-state index in [4.69, 9.17) is 10.2 Å². The largest absolute Gasteiger partial charge is 0.508 e. The zero-order chi connectivity index (χ0) is 21.7. The fourth-order valence-electron chi connectivity index (χ4n) is 3.63. The van der Waals surface area contributed by atoms with Crippen molar-refractivity contribution in [2.24, 2.45) is 0 Å². The van der Waals surface area contributed by atoms with Crippen molar-refractivity contribution >= 4 is 16.8 Å². The maximum Gasteiger partial charge on any atom is 0.248 e. The second-order valence-electron chi connectivity index (χ2n) is 7.26. The van der Waals surface area contributed by atoms with Gasteiger partial charge in [-0.3, -0.25) is 4.79 Å². The summed E-state index contributed by atoms with van der Waals surface area (Å²) in [5.74, 6) is 0.338. The van der Waals surface area contributed by atoms with Crippen molar-refractivity contribution < 1.29 is 24.7 Å². The highest BCUT2D eigenvalue weighted by molar-refractivity contribution is 5.90. The Morgan fingerprint density at radius 1 is 0.774 bits per heavy atom. The summed E-state index contributed by atoms with van der Waals surface area (Å²) in [6, 6.07) is 17.1. The number of hydrogen-bond donors (Lipinski definition) is 4. The van der Waals surface area contributed by atoms with Gasteiger partial charge in [0.05, 0.1) is 0 Å². The van der Waals surface area contributed by atoms with Crippen LogP contribution in [0.5, 0.6) is 17.2 Å². The maximum atomic E-state index is 12.6. The summed E-state index contributed by atoms with van der Waals surface area (Å²) in [6.07, 6.45) is 0. The highest BCUT2D eigenvalue weighted by Crippen LogP contribution is 2.37. The van der Waals surface area contributed by atoms with Crippen LogP contribution < -0.4 is 16.1 Å². The Labute approximate surface area is 175 Å². The molecule has 0 atom stereocenters. The Morgan fingerprint density at radius 2 is 1.52 bits per heavy atom. The first kappa shape index (κ1) is 18.5. The number of benzene rings is 4. The van der Waals surface area contributed by atoms with Gasteiger partial charge in [-0.05, 0) is 29.8 Å². The lowest BCUT2D eigenvalue weighted by Crippen LogP contribution is -2.14. The molecule has 0 amide bonds. The van der Waals surface area contributed by atoms with Crippen LogP contribution in [-0.2, 0) is 0 Å². The molecule has 0 saturated heterocycles. The van der Waals surface area contributed by atoms with Crippen molar-refractivity contribution in [1.82, 2.24) is 0 Å². The zero-order valence-corrected chi connectivity index (χ0v) is 16.1. The number of anilines is 1. The molecule has 0 bridgehead atoms. The first-order valence-electron chi connectivity index (χ1n) is 9.44. The molecule has 0 spiro atoms. The zero-order valence-electron chi connectivity index (χ0n) is 16.1. The first-order valence-corrected chi connectivity index (χ1v) is 9.44. The van der Waals surface area contributed by atoms with Crippen LogP contribution in [-0.4, -0.2) is 15.3 Å². The van der Waals surface area contributed by atoms with Crippen LogP contribution in [0.25, 0.3) is 44.8 Å². The minimum atomic E-state index is -0.215. The second kappa shape index (κ2) is 6.77. The molecular weight excluding hydrogens is 396 g/mol. The number of nitrogen functional groups attached to an aromatic ring is 1. The average Bonchev–Trinajstić information content (AvgIpc) is 2.73. The Kier molecular flexibility index (Phi) is 4.04. The molecule has 3 aromatic rings. The van der Waals surface area contributed by atoms with Gasteiger partial charge in [-0.1, -0.05) is 12.1 Å². The van der Waals surface area contributed by atoms with E-state index in [0.29, 0.717) is 50.5 Å². The van der Waals surface area contributed by atoms with Crippen LogP contribution in [0.3, 0.4) is 0 Å². The fraction of sp³-hybridized carbons (Fsp3) is 0. The molecule has 7 nitrogen and oxygen atoms in total. The highest BCUT2D eigenvalue weighted by atomic mass is 16.3. The molecule has 7 heteroatoms. The Morgan fingerprint density at radius 3 is 2.26 bits per heavy atom. The number of nitrogens with two attached hydrogens (primary N) is 1. The summed E-state index contributed by atoms with van der Waals surface area (Å²) in [5.41, 5.74) is 10.2. The van der Waals surface area contributed by atoms with Crippen LogP contribution in [0.4, 0.5) is 5.69 Å². The summed E-state index contributed by atoms with van der Waals surface area (Å²) >= 11 is 0. The fourth-order valence-corrected chi connectivity index (χ4v) is 3.63. The Bertz CT molecular complexity index is 1490. The number of fused-ring (bicyclic) bond motifs is 2. The number of aromatic amines is 1.